The van der Waals surface area contributed by atoms with Gasteiger partial charge in [0.15, 0.2) is 0 Å². The van der Waals surface area contributed by atoms with E-state index in [1.807, 2.05) is 11.8 Å². The summed E-state index contributed by atoms with van der Waals surface area (Å²) in [4.78, 5) is 19.2. The van der Waals surface area contributed by atoms with Crippen LogP contribution in [-0.4, -0.2) is 28.5 Å². The highest BCUT2D eigenvalue weighted by Gasteiger charge is 2.04. The summed E-state index contributed by atoms with van der Waals surface area (Å²) in [5.41, 5.74) is 0.524. The molecule has 0 aliphatic heterocycles. The van der Waals surface area contributed by atoms with Gasteiger partial charge in [-0.1, -0.05) is 18.0 Å². The molecule has 0 fully saturated rings. The molecule has 0 atom stereocenters. The predicted octanol–water partition coefficient (Wildman–Crippen LogP) is 3.20. The SMILES string of the molecule is CSCCCCCNCc1nc2cc(Cl)ccc2c(=O)[nH]1. The summed E-state index contributed by atoms with van der Waals surface area (Å²) in [5, 5.41) is 4.47. The quantitative estimate of drug-likeness (QED) is 0.732. The van der Waals surface area contributed by atoms with E-state index < -0.39 is 0 Å². The highest BCUT2D eigenvalue weighted by atomic mass is 35.5. The minimum Gasteiger partial charge on any atom is -0.310 e. The molecule has 0 saturated heterocycles. The van der Waals surface area contributed by atoms with Crippen molar-refractivity contribution >= 4 is 34.3 Å². The molecule has 0 saturated carbocycles. The Morgan fingerprint density at radius 2 is 2.19 bits per heavy atom. The van der Waals surface area contributed by atoms with Crippen molar-refractivity contribution in [1.29, 1.82) is 0 Å². The largest absolute Gasteiger partial charge is 0.310 e. The first-order valence-corrected chi connectivity index (χ1v) is 8.86. The maximum absolute atomic E-state index is 11.9. The molecule has 0 aliphatic rings. The summed E-state index contributed by atoms with van der Waals surface area (Å²) in [6, 6.07) is 5.12. The lowest BCUT2D eigenvalue weighted by Crippen LogP contribution is -2.20. The minimum absolute atomic E-state index is 0.117. The van der Waals surface area contributed by atoms with Crippen LogP contribution in [0.3, 0.4) is 0 Å². The van der Waals surface area contributed by atoms with E-state index in [0.717, 1.165) is 13.0 Å². The first kappa shape index (κ1) is 16.3. The van der Waals surface area contributed by atoms with Crippen molar-refractivity contribution in [3.63, 3.8) is 0 Å². The smallest absolute Gasteiger partial charge is 0.258 e. The Kier molecular flexibility index (Phi) is 6.54. The molecule has 6 heteroatoms. The van der Waals surface area contributed by atoms with Crippen LogP contribution in [0.5, 0.6) is 0 Å². The predicted molar refractivity (Wildman–Crippen MR) is 91.3 cm³/mol. The van der Waals surface area contributed by atoms with Gasteiger partial charge in [-0.05, 0) is 49.6 Å². The zero-order chi connectivity index (χ0) is 15.1. The van der Waals surface area contributed by atoms with E-state index in [1.54, 1.807) is 18.2 Å². The third-order valence-corrected chi connectivity index (χ3v) is 4.14. The zero-order valence-corrected chi connectivity index (χ0v) is 13.7. The van der Waals surface area contributed by atoms with E-state index in [0.29, 0.717) is 28.3 Å². The fourth-order valence-corrected chi connectivity index (χ4v) is 2.78. The second-order valence-corrected chi connectivity index (χ2v) is 6.33. The molecule has 0 unspecified atom stereocenters. The van der Waals surface area contributed by atoms with Crippen LogP contribution in [0.4, 0.5) is 0 Å². The number of halogens is 1. The summed E-state index contributed by atoms with van der Waals surface area (Å²) in [7, 11) is 0. The standard InChI is InChI=1S/C15H20ClN3OS/c1-21-8-4-2-3-7-17-10-14-18-13-9-11(16)5-6-12(13)15(20)19-14/h5-6,9,17H,2-4,7-8,10H2,1H3,(H,18,19,20). The van der Waals surface area contributed by atoms with E-state index in [9.17, 15) is 4.79 Å². The number of H-pyrrole nitrogens is 1. The average Bonchev–Trinajstić information content (AvgIpc) is 2.46. The maximum atomic E-state index is 11.9. The molecule has 0 amide bonds. The molecule has 2 N–H and O–H groups in total. The molecule has 0 spiro atoms. The van der Waals surface area contributed by atoms with Crippen molar-refractivity contribution in [2.75, 3.05) is 18.6 Å². The van der Waals surface area contributed by atoms with Gasteiger partial charge in [0.05, 0.1) is 17.4 Å². The average molecular weight is 326 g/mol. The van der Waals surface area contributed by atoms with Gasteiger partial charge in [-0.3, -0.25) is 4.79 Å². The number of benzene rings is 1. The minimum atomic E-state index is -0.117. The van der Waals surface area contributed by atoms with Crippen LogP contribution >= 0.6 is 23.4 Å². The van der Waals surface area contributed by atoms with Crippen molar-refractivity contribution in [1.82, 2.24) is 15.3 Å². The molecule has 0 aliphatic carbocycles. The van der Waals surface area contributed by atoms with E-state index in [1.165, 1.54) is 18.6 Å². The molecule has 1 aromatic heterocycles. The fourth-order valence-electron chi connectivity index (χ4n) is 2.12. The Labute approximate surface area is 133 Å². The second-order valence-electron chi connectivity index (χ2n) is 4.90. The summed E-state index contributed by atoms with van der Waals surface area (Å²) < 4.78 is 0. The first-order valence-electron chi connectivity index (χ1n) is 7.09. The van der Waals surface area contributed by atoms with Crippen LogP contribution in [0.25, 0.3) is 10.9 Å². The normalized spacial score (nSPS) is 11.1. The van der Waals surface area contributed by atoms with Crippen LogP contribution in [0.1, 0.15) is 25.1 Å². The molecule has 4 nitrogen and oxygen atoms in total. The maximum Gasteiger partial charge on any atom is 0.258 e. The number of aromatic nitrogens is 2. The van der Waals surface area contributed by atoms with Crippen LogP contribution < -0.4 is 10.9 Å². The Morgan fingerprint density at radius 1 is 1.33 bits per heavy atom. The summed E-state index contributed by atoms with van der Waals surface area (Å²) in [6.45, 7) is 1.51. The van der Waals surface area contributed by atoms with Gasteiger partial charge in [-0.2, -0.15) is 11.8 Å². The number of rotatable bonds is 8. The number of nitrogens with one attached hydrogen (secondary N) is 2. The molecule has 0 bridgehead atoms. The molecule has 114 valence electrons. The number of thioether (sulfide) groups is 1. The number of aromatic amines is 1. The van der Waals surface area contributed by atoms with Gasteiger partial charge < -0.3 is 10.3 Å². The van der Waals surface area contributed by atoms with Crippen molar-refractivity contribution in [3.05, 3.63) is 39.4 Å². The molecule has 21 heavy (non-hydrogen) atoms. The van der Waals surface area contributed by atoms with Crippen molar-refractivity contribution < 1.29 is 0 Å². The molecule has 1 heterocycles. The molecule has 2 rings (SSSR count). The van der Waals surface area contributed by atoms with Gasteiger partial charge in [0.25, 0.3) is 5.56 Å². The van der Waals surface area contributed by atoms with Crippen molar-refractivity contribution in [2.45, 2.75) is 25.8 Å². The van der Waals surface area contributed by atoms with E-state index >= 15 is 0 Å². The highest BCUT2D eigenvalue weighted by molar-refractivity contribution is 7.98. The third-order valence-electron chi connectivity index (χ3n) is 3.21. The van der Waals surface area contributed by atoms with Crippen LogP contribution in [0.15, 0.2) is 23.0 Å². The van der Waals surface area contributed by atoms with Crippen molar-refractivity contribution in [2.24, 2.45) is 0 Å². The van der Waals surface area contributed by atoms with Gasteiger partial charge in [0.2, 0.25) is 0 Å². The monoisotopic (exact) mass is 325 g/mol. The number of fused-ring (bicyclic) bond motifs is 1. The molecule has 2 aromatic rings. The zero-order valence-electron chi connectivity index (χ0n) is 12.1. The summed E-state index contributed by atoms with van der Waals surface area (Å²) in [5.74, 6) is 1.87. The topological polar surface area (TPSA) is 57.8 Å². The molecule has 1 aromatic carbocycles. The Bertz CT molecular complexity index is 644. The summed E-state index contributed by atoms with van der Waals surface area (Å²) >= 11 is 7.83. The van der Waals surface area contributed by atoms with Crippen LogP contribution in [0.2, 0.25) is 5.02 Å². The molecular weight excluding hydrogens is 306 g/mol. The van der Waals surface area contributed by atoms with Gasteiger partial charge in [0, 0.05) is 5.02 Å². The number of hydrogen-bond acceptors (Lipinski definition) is 4. The van der Waals surface area contributed by atoms with E-state index in [4.69, 9.17) is 11.6 Å². The lowest BCUT2D eigenvalue weighted by atomic mass is 10.2. The lowest BCUT2D eigenvalue weighted by molar-refractivity contribution is 0.605. The number of nitrogens with zero attached hydrogens (tertiary/aromatic N) is 1. The van der Waals surface area contributed by atoms with E-state index in [2.05, 4.69) is 21.5 Å². The third kappa shape index (κ3) is 5.02. The van der Waals surface area contributed by atoms with E-state index in [-0.39, 0.29) is 5.56 Å². The molecular formula is C15H20ClN3OS. The molecule has 0 radical (unpaired) electrons. The lowest BCUT2D eigenvalue weighted by Gasteiger charge is -2.05. The van der Waals surface area contributed by atoms with Crippen LogP contribution in [0, 0.1) is 0 Å². The fraction of sp³-hybridized carbons (Fsp3) is 0.467. The van der Waals surface area contributed by atoms with Crippen LogP contribution in [-0.2, 0) is 6.54 Å². The van der Waals surface area contributed by atoms with Gasteiger partial charge in [0.1, 0.15) is 5.82 Å². The second kappa shape index (κ2) is 8.41. The van der Waals surface area contributed by atoms with Crippen molar-refractivity contribution in [3.8, 4) is 0 Å². The van der Waals surface area contributed by atoms with Gasteiger partial charge in [-0.25, -0.2) is 4.98 Å². The first-order chi connectivity index (χ1) is 10.2. The summed E-state index contributed by atoms with van der Waals surface area (Å²) in [6.07, 6.45) is 5.76. The Balaban J connectivity index is 1.89. The highest BCUT2D eigenvalue weighted by Crippen LogP contribution is 2.14. The number of unbranched alkanes of at least 4 members (excludes halogenated alkanes) is 2. The Hall–Kier alpha value is -1.04. The van der Waals surface area contributed by atoms with Gasteiger partial charge >= 0.3 is 0 Å². The Morgan fingerprint density at radius 3 is 3.00 bits per heavy atom. The van der Waals surface area contributed by atoms with Gasteiger partial charge in [-0.15, -0.1) is 0 Å². The number of hydrogen-bond donors (Lipinski definition) is 2.